The van der Waals surface area contributed by atoms with Gasteiger partial charge in [0.05, 0.1) is 30.5 Å². The number of hydrogen-bond acceptors (Lipinski definition) is 16. The minimum atomic E-state index is -5.84. The van der Waals surface area contributed by atoms with Gasteiger partial charge in [-0.3, -0.25) is 34.1 Å². The van der Waals surface area contributed by atoms with Gasteiger partial charge in [-0.05, 0) is 6.07 Å². The number of phosphoric ester groups is 1. The highest BCUT2D eigenvalue weighted by atomic mass is 31.3. The van der Waals surface area contributed by atoms with E-state index in [4.69, 9.17) is 14.5 Å². The van der Waals surface area contributed by atoms with Crippen LogP contribution in [0.15, 0.2) is 29.5 Å². The molecule has 0 aliphatic carbocycles. The molecule has 2 aliphatic heterocycles. The van der Waals surface area contributed by atoms with Gasteiger partial charge in [0, 0.05) is 36.5 Å². The molecule has 9 N–H and O–H groups in total. The molecule has 0 bridgehead atoms. The summed E-state index contributed by atoms with van der Waals surface area (Å²) in [5.41, 5.74) is -3.62. The van der Waals surface area contributed by atoms with Crippen LogP contribution < -0.4 is 16.0 Å². The summed E-state index contributed by atoms with van der Waals surface area (Å²) in [6, 6.07) is 3.39. The lowest BCUT2D eigenvalue weighted by molar-refractivity contribution is -0.386. The van der Waals surface area contributed by atoms with E-state index in [0.717, 1.165) is 19.3 Å². The maximum atomic E-state index is 12.4. The summed E-state index contributed by atoms with van der Waals surface area (Å²) in [5.74, 6) is -0.184. The summed E-state index contributed by atoms with van der Waals surface area (Å²) < 4.78 is 90.5. The van der Waals surface area contributed by atoms with Crippen molar-refractivity contribution in [3.8, 4) is 11.8 Å². The standard InChI is InChI=1S/C25H29F3N7O17P3/c1-12(15-6-5-14(8-16(15)35(40)41)4-3-7-29-22(38)25(26,27)28)24(39)20-21(32-23(33-24)31-13(2)36)34(11-30-20)19-9-17(37)18(50-19)10-49-54(45,46)52-55(47,48)51-53(42,43)44/h5-6,8,11-12,17-19,37,39H,7,9-10H2,1-2H3,(H,29,38)(H,45,46)(H,47,48)(H2,42,43,44)(H2,31,32,33,36)/t12?,17-,18+,19+,24?/m0/s1. The molecule has 1 aromatic carbocycles. The normalized spacial score (nSPS) is 23.8. The van der Waals surface area contributed by atoms with Crippen molar-refractivity contribution in [1.29, 1.82) is 0 Å². The highest BCUT2D eigenvalue weighted by molar-refractivity contribution is 7.66. The molecule has 1 saturated heterocycles. The summed E-state index contributed by atoms with van der Waals surface area (Å²) in [5, 5.41) is 41.4. The van der Waals surface area contributed by atoms with E-state index in [9.17, 15) is 66.6 Å². The fraction of sp³-hybridized carbons (Fsp3) is 0.440. The number of nitrogens with zero attached hydrogens (tertiary/aromatic N) is 4. The number of fused-ring (bicyclic) bond motifs is 1. The zero-order valence-electron chi connectivity index (χ0n) is 27.7. The first-order valence-corrected chi connectivity index (χ1v) is 19.4. The first-order chi connectivity index (χ1) is 25.2. The Morgan fingerprint density at radius 1 is 1.22 bits per heavy atom. The van der Waals surface area contributed by atoms with Crippen LogP contribution in [-0.4, -0.2) is 93.6 Å². The summed E-state index contributed by atoms with van der Waals surface area (Å²) in [4.78, 5) is 79.1. The fourth-order valence-electron chi connectivity index (χ4n) is 5.10. The summed E-state index contributed by atoms with van der Waals surface area (Å²) >= 11 is 0. The number of aliphatic imine (C=N–C) groups is 1. The highest BCUT2D eigenvalue weighted by Gasteiger charge is 2.49. The number of halogens is 3. The van der Waals surface area contributed by atoms with Crippen molar-refractivity contribution < 1.29 is 89.0 Å². The van der Waals surface area contributed by atoms with Crippen molar-refractivity contribution >= 4 is 52.7 Å². The lowest BCUT2D eigenvalue weighted by Gasteiger charge is -2.34. The molecule has 7 atom stereocenters. The third-order valence-electron chi connectivity index (χ3n) is 7.41. The SMILES string of the molecule is CC(=O)NC1=NC(O)(C(C)c2ccc(C#CCNC(=O)C(F)(F)F)cc2[N+](=O)[O-])c2ncn([C@H]3C[C@H](O)[C@@H](COP(=O)(O)OP(=O)(O)OP(=O)(O)O)O3)c2N1. The molecule has 4 rings (SSSR count). The van der Waals surface area contributed by atoms with Crippen LogP contribution in [0.2, 0.25) is 0 Å². The number of hydrogen-bond donors (Lipinski definition) is 9. The van der Waals surface area contributed by atoms with E-state index < -0.39 is 95.3 Å². The lowest BCUT2D eigenvalue weighted by atomic mass is 9.85. The summed E-state index contributed by atoms with van der Waals surface area (Å²) in [7, 11) is -17.1. The van der Waals surface area contributed by atoms with Gasteiger partial charge >= 0.3 is 35.6 Å². The van der Waals surface area contributed by atoms with E-state index in [2.05, 4.69) is 45.6 Å². The van der Waals surface area contributed by atoms with Crippen molar-refractivity contribution in [2.45, 2.75) is 56.5 Å². The number of benzene rings is 1. The Morgan fingerprint density at radius 3 is 2.49 bits per heavy atom. The number of guanidine groups is 1. The van der Waals surface area contributed by atoms with Crippen molar-refractivity contribution in [3.63, 3.8) is 0 Å². The molecule has 1 fully saturated rings. The van der Waals surface area contributed by atoms with E-state index in [1.165, 1.54) is 28.9 Å². The molecule has 0 radical (unpaired) electrons. The molecule has 2 amide bonds. The molecule has 0 saturated carbocycles. The van der Waals surface area contributed by atoms with E-state index in [1.807, 2.05) is 0 Å². The van der Waals surface area contributed by atoms with Crippen LogP contribution in [0.3, 0.4) is 0 Å². The van der Waals surface area contributed by atoms with Gasteiger partial charge in [0.1, 0.15) is 23.8 Å². The second-order valence-corrected chi connectivity index (χ2v) is 15.8. The number of phosphoric acid groups is 3. The zero-order valence-corrected chi connectivity index (χ0v) is 30.4. The van der Waals surface area contributed by atoms with Crippen LogP contribution in [0, 0.1) is 22.0 Å². The van der Waals surface area contributed by atoms with Gasteiger partial charge in [-0.15, -0.1) is 0 Å². The predicted octanol–water partition coefficient (Wildman–Crippen LogP) is 0.679. The van der Waals surface area contributed by atoms with Crippen LogP contribution in [-0.2, 0) is 46.9 Å². The van der Waals surface area contributed by atoms with Crippen LogP contribution in [0.5, 0.6) is 0 Å². The number of carbonyl (C=O) groups excluding carboxylic acids is 2. The lowest BCUT2D eigenvalue weighted by Crippen LogP contribution is -2.44. The average Bonchev–Trinajstić information content (AvgIpc) is 3.62. The monoisotopic (exact) mass is 849 g/mol. The maximum Gasteiger partial charge on any atom is 0.490 e. The predicted molar refractivity (Wildman–Crippen MR) is 173 cm³/mol. The number of ether oxygens (including phenoxy) is 1. The topological polar surface area (TPSA) is 353 Å². The quantitative estimate of drug-likeness (QED) is 0.0613. The average molecular weight is 849 g/mol. The van der Waals surface area contributed by atoms with Crippen LogP contribution in [0.1, 0.15) is 49.2 Å². The van der Waals surface area contributed by atoms with Crippen molar-refractivity contribution in [2.24, 2.45) is 4.99 Å². The number of nitrogens with one attached hydrogen (secondary N) is 3. The maximum absolute atomic E-state index is 12.4. The second-order valence-electron chi connectivity index (χ2n) is 11.4. The number of anilines is 1. The number of aromatic nitrogens is 2. The third kappa shape index (κ3) is 11.0. The second kappa shape index (κ2) is 16.2. The molecule has 0 spiro atoms. The van der Waals surface area contributed by atoms with Crippen molar-refractivity contribution in [2.75, 3.05) is 18.5 Å². The van der Waals surface area contributed by atoms with Crippen LogP contribution in [0.25, 0.3) is 0 Å². The minimum absolute atomic E-state index is 0.0481. The van der Waals surface area contributed by atoms with Gasteiger partial charge < -0.3 is 45.2 Å². The van der Waals surface area contributed by atoms with Gasteiger partial charge in [-0.1, -0.05) is 24.8 Å². The molecule has 2 aliphatic rings. The minimum Gasteiger partial charge on any atom is -0.390 e. The van der Waals surface area contributed by atoms with Gasteiger partial charge in [0.15, 0.2) is 0 Å². The molecule has 55 heavy (non-hydrogen) atoms. The number of imidazole rings is 1. The number of nitro benzene ring substituents is 1. The zero-order chi connectivity index (χ0) is 41.3. The summed E-state index contributed by atoms with van der Waals surface area (Å²) in [6.45, 7) is 0.659. The highest BCUT2D eigenvalue weighted by Crippen LogP contribution is 2.66. The van der Waals surface area contributed by atoms with Crippen LogP contribution in [0.4, 0.5) is 24.7 Å². The first-order valence-electron chi connectivity index (χ1n) is 14.9. The number of aliphatic hydroxyl groups excluding tert-OH is 1. The van der Waals surface area contributed by atoms with Gasteiger partial charge in [0.25, 0.3) is 5.69 Å². The molecule has 2 aromatic rings. The molecular weight excluding hydrogens is 820 g/mol. The van der Waals surface area contributed by atoms with Gasteiger partial charge in [-0.25, -0.2) is 23.7 Å². The number of rotatable bonds is 12. The van der Waals surface area contributed by atoms with E-state index in [1.54, 1.807) is 0 Å². The molecule has 302 valence electrons. The van der Waals surface area contributed by atoms with E-state index >= 15 is 0 Å². The van der Waals surface area contributed by atoms with E-state index in [0.29, 0.717) is 0 Å². The fourth-order valence-corrected chi connectivity index (χ4v) is 8.13. The third-order valence-corrected chi connectivity index (χ3v) is 11.2. The number of amides is 2. The Morgan fingerprint density at radius 2 is 1.89 bits per heavy atom. The molecule has 3 heterocycles. The molecule has 30 heteroatoms. The van der Waals surface area contributed by atoms with Crippen molar-refractivity contribution in [3.05, 3.63) is 51.5 Å². The smallest absolute Gasteiger partial charge is 0.390 e. The molecule has 24 nitrogen and oxygen atoms in total. The Bertz CT molecular complexity index is 2100. The molecular formula is C25H29F3N7O17P3. The number of alkyl halides is 3. The molecule has 4 unspecified atom stereocenters. The Kier molecular flexibility index (Phi) is 12.8. The largest absolute Gasteiger partial charge is 0.490 e. The first kappa shape index (κ1) is 43.6. The Balaban J connectivity index is 1.60. The van der Waals surface area contributed by atoms with Crippen molar-refractivity contribution in [1.82, 2.24) is 20.2 Å². The van der Waals surface area contributed by atoms with E-state index in [-0.39, 0.29) is 35.0 Å². The summed E-state index contributed by atoms with van der Waals surface area (Å²) in [6.07, 6.45) is -8.60. The van der Waals surface area contributed by atoms with Crippen LogP contribution >= 0.6 is 23.5 Å². The Hall–Kier alpha value is -4.12. The number of aliphatic hydroxyl groups is 2. The number of carbonyl (C=O) groups is 2. The Labute approximate surface area is 305 Å². The van der Waals surface area contributed by atoms with Gasteiger partial charge in [0.2, 0.25) is 17.6 Å². The van der Waals surface area contributed by atoms with Gasteiger partial charge in [-0.2, -0.15) is 21.8 Å². The molecule has 1 aromatic heterocycles. The number of nitro groups is 1.